The van der Waals surface area contributed by atoms with Crippen LogP contribution < -0.4 is 14.8 Å². The largest absolute Gasteiger partial charge is 0.494 e. The van der Waals surface area contributed by atoms with E-state index in [4.69, 9.17) is 14.2 Å². The van der Waals surface area contributed by atoms with Crippen LogP contribution in [0.2, 0.25) is 0 Å². The third kappa shape index (κ3) is 8.34. The zero-order valence-electron chi connectivity index (χ0n) is 24.9. The van der Waals surface area contributed by atoms with Crippen LogP contribution in [0.5, 0.6) is 11.6 Å². The number of hydrogen-bond donors (Lipinski definition) is 2. The number of pyridine rings is 1. The lowest BCUT2D eigenvalue weighted by atomic mass is 9.92. The molecule has 2 unspecified atom stereocenters. The van der Waals surface area contributed by atoms with E-state index in [1.165, 1.54) is 4.90 Å². The van der Waals surface area contributed by atoms with Crippen LogP contribution >= 0.6 is 0 Å². The number of ether oxygens (including phenoxy) is 3. The molecule has 224 valence electrons. The summed E-state index contributed by atoms with van der Waals surface area (Å²) in [6.45, 7) is 13.0. The number of allylic oxidation sites excluding steroid dienone is 1. The predicted octanol–water partition coefficient (Wildman–Crippen LogP) is 5.20. The number of likely N-dealkylation sites (tertiary alicyclic amines) is 1. The van der Waals surface area contributed by atoms with Gasteiger partial charge < -0.3 is 29.5 Å². The second kappa shape index (κ2) is 13.7. The Morgan fingerprint density at radius 1 is 1.20 bits per heavy atom. The van der Waals surface area contributed by atoms with Gasteiger partial charge in [-0.3, -0.25) is 4.79 Å². The van der Waals surface area contributed by atoms with Gasteiger partial charge in [0.15, 0.2) is 0 Å². The lowest BCUT2D eigenvalue weighted by Gasteiger charge is -2.31. The van der Waals surface area contributed by atoms with E-state index in [0.29, 0.717) is 24.0 Å². The highest BCUT2D eigenvalue weighted by atomic mass is 16.6. The number of benzene rings is 1. The van der Waals surface area contributed by atoms with Gasteiger partial charge in [0, 0.05) is 17.2 Å². The maximum atomic E-state index is 13.9. The van der Waals surface area contributed by atoms with Crippen molar-refractivity contribution < 1.29 is 33.7 Å². The van der Waals surface area contributed by atoms with Gasteiger partial charge in [-0.05, 0) is 51.5 Å². The molecule has 0 aliphatic carbocycles. The van der Waals surface area contributed by atoms with Crippen molar-refractivity contribution in [2.75, 3.05) is 13.7 Å². The SMILES string of the molecule is C=CC(C)CCC[C@@H](C)[C@H](NC(=O)OC(C)(C)C)C(=O)N1C[C@H](Oc2ncc(OC)c3ccccc23)CC1C(=O)O. The molecule has 5 atom stereocenters. The van der Waals surface area contributed by atoms with E-state index < -0.39 is 41.8 Å². The summed E-state index contributed by atoms with van der Waals surface area (Å²) in [5.41, 5.74) is -0.759. The smallest absolute Gasteiger partial charge is 0.408 e. The average molecular weight is 570 g/mol. The van der Waals surface area contributed by atoms with Crippen molar-refractivity contribution in [3.05, 3.63) is 43.1 Å². The Labute approximate surface area is 242 Å². The second-order valence-electron chi connectivity index (χ2n) is 11.7. The topological polar surface area (TPSA) is 127 Å². The zero-order valence-corrected chi connectivity index (χ0v) is 24.9. The fourth-order valence-corrected chi connectivity index (χ4v) is 5.02. The Hall–Kier alpha value is -3.82. The van der Waals surface area contributed by atoms with E-state index in [-0.39, 0.29) is 18.9 Å². The van der Waals surface area contributed by atoms with Gasteiger partial charge in [0.05, 0.1) is 19.9 Å². The fraction of sp³-hybridized carbons (Fsp3) is 0.548. The van der Waals surface area contributed by atoms with Crippen LogP contribution in [0.25, 0.3) is 10.8 Å². The van der Waals surface area contributed by atoms with Gasteiger partial charge in [-0.2, -0.15) is 0 Å². The van der Waals surface area contributed by atoms with Gasteiger partial charge in [0.25, 0.3) is 0 Å². The number of aliphatic carboxylic acids is 1. The number of carbonyl (C=O) groups is 3. The summed E-state index contributed by atoms with van der Waals surface area (Å²) in [6, 6.07) is 5.38. The number of nitrogens with zero attached hydrogens (tertiary/aromatic N) is 2. The molecule has 0 bridgehead atoms. The lowest BCUT2D eigenvalue weighted by molar-refractivity contribution is -0.149. The van der Waals surface area contributed by atoms with Crippen LogP contribution in [0.4, 0.5) is 4.79 Å². The number of carbonyl (C=O) groups excluding carboxylic acids is 2. The number of aromatic nitrogens is 1. The van der Waals surface area contributed by atoms with Crippen LogP contribution in [-0.2, 0) is 14.3 Å². The molecule has 1 aliphatic heterocycles. The van der Waals surface area contributed by atoms with Crippen molar-refractivity contribution in [2.45, 2.75) is 84.1 Å². The third-order valence-electron chi connectivity index (χ3n) is 7.28. The Morgan fingerprint density at radius 3 is 2.49 bits per heavy atom. The Balaban J connectivity index is 1.83. The summed E-state index contributed by atoms with van der Waals surface area (Å²) >= 11 is 0. The van der Waals surface area contributed by atoms with Gasteiger partial charge in [-0.15, -0.1) is 6.58 Å². The van der Waals surface area contributed by atoms with Crippen LogP contribution in [0.1, 0.15) is 60.3 Å². The van der Waals surface area contributed by atoms with E-state index in [2.05, 4.69) is 23.8 Å². The Bertz CT molecular complexity index is 1240. The molecule has 0 radical (unpaired) electrons. The molecule has 1 aliphatic rings. The molecule has 41 heavy (non-hydrogen) atoms. The summed E-state index contributed by atoms with van der Waals surface area (Å²) < 4.78 is 17.0. The molecule has 0 saturated carbocycles. The van der Waals surface area contributed by atoms with E-state index in [0.717, 1.165) is 23.6 Å². The highest BCUT2D eigenvalue weighted by molar-refractivity contribution is 5.92. The summed E-state index contributed by atoms with van der Waals surface area (Å²) in [7, 11) is 1.56. The molecule has 0 spiro atoms. The first-order chi connectivity index (χ1) is 19.3. The number of amides is 2. The van der Waals surface area contributed by atoms with Crippen molar-refractivity contribution in [3.8, 4) is 11.6 Å². The van der Waals surface area contributed by atoms with Crippen molar-refractivity contribution >= 4 is 28.7 Å². The van der Waals surface area contributed by atoms with Crippen molar-refractivity contribution in [2.24, 2.45) is 11.8 Å². The minimum Gasteiger partial charge on any atom is -0.494 e. The predicted molar refractivity (Wildman–Crippen MR) is 156 cm³/mol. The highest BCUT2D eigenvalue weighted by Gasteiger charge is 2.44. The van der Waals surface area contributed by atoms with Gasteiger partial charge in [0.1, 0.15) is 29.5 Å². The quantitative estimate of drug-likeness (QED) is 0.334. The second-order valence-corrected chi connectivity index (χ2v) is 11.7. The fourth-order valence-electron chi connectivity index (χ4n) is 5.02. The summed E-state index contributed by atoms with van der Waals surface area (Å²) in [5.74, 6) is -0.643. The standard InChI is InChI=1S/C31H43N3O7/c1-8-19(2)12-11-13-20(3)26(33-30(38)41-31(4,5)6)28(35)34-18-21(16-24(34)29(36)37)40-27-23-15-10-9-14-22(23)25(39-7)17-32-27/h8-10,14-15,17,19-21,24,26H,1,11-13,16,18H2,2-7H3,(H,33,38)(H,36,37)/t19?,20-,21-,24?,26+/m1/s1. The first kappa shape index (κ1) is 31.7. The van der Waals surface area contributed by atoms with Crippen LogP contribution in [0.15, 0.2) is 43.1 Å². The van der Waals surface area contributed by atoms with E-state index in [9.17, 15) is 19.5 Å². The first-order valence-corrected chi connectivity index (χ1v) is 14.1. The molecule has 2 heterocycles. The zero-order chi connectivity index (χ0) is 30.3. The average Bonchev–Trinajstić information content (AvgIpc) is 3.34. The normalized spacial score (nSPS) is 19.2. The third-order valence-corrected chi connectivity index (χ3v) is 7.28. The number of fused-ring (bicyclic) bond motifs is 1. The molecule has 3 rings (SSSR count). The minimum absolute atomic E-state index is 0.0323. The summed E-state index contributed by atoms with van der Waals surface area (Å²) in [6.07, 6.45) is 4.53. The molecule has 1 aromatic carbocycles. The summed E-state index contributed by atoms with van der Waals surface area (Å²) in [5, 5.41) is 14.3. The van der Waals surface area contributed by atoms with Gasteiger partial charge in [-0.25, -0.2) is 14.6 Å². The molecular weight excluding hydrogens is 526 g/mol. The molecule has 2 amide bonds. The molecule has 2 aromatic rings. The number of methoxy groups -OCH3 is 1. The number of carboxylic acid groups (broad SMARTS) is 1. The Kier molecular flexibility index (Phi) is 10.6. The van der Waals surface area contributed by atoms with Crippen molar-refractivity contribution in [3.63, 3.8) is 0 Å². The Morgan fingerprint density at radius 2 is 1.88 bits per heavy atom. The van der Waals surface area contributed by atoms with Crippen molar-refractivity contribution in [1.82, 2.24) is 15.2 Å². The maximum absolute atomic E-state index is 13.9. The number of carboxylic acids is 1. The highest BCUT2D eigenvalue weighted by Crippen LogP contribution is 2.33. The van der Waals surface area contributed by atoms with Crippen molar-refractivity contribution in [1.29, 1.82) is 0 Å². The van der Waals surface area contributed by atoms with Crippen LogP contribution in [0, 0.1) is 11.8 Å². The van der Waals surface area contributed by atoms with Crippen LogP contribution in [-0.4, -0.2) is 70.4 Å². The lowest BCUT2D eigenvalue weighted by Crippen LogP contribution is -2.55. The molecule has 1 fully saturated rings. The molecular formula is C31H43N3O7. The number of nitrogens with one attached hydrogen (secondary N) is 1. The molecule has 10 heteroatoms. The monoisotopic (exact) mass is 569 g/mol. The molecule has 2 N–H and O–H groups in total. The number of hydrogen-bond acceptors (Lipinski definition) is 7. The van der Waals surface area contributed by atoms with Gasteiger partial charge >= 0.3 is 12.1 Å². The first-order valence-electron chi connectivity index (χ1n) is 14.1. The molecule has 1 aromatic heterocycles. The number of rotatable bonds is 12. The van der Waals surface area contributed by atoms with E-state index in [1.807, 2.05) is 37.3 Å². The maximum Gasteiger partial charge on any atom is 0.408 e. The van der Waals surface area contributed by atoms with Gasteiger partial charge in [-0.1, -0.05) is 44.5 Å². The number of alkyl carbamates (subject to hydrolysis) is 1. The summed E-state index contributed by atoms with van der Waals surface area (Å²) in [4.78, 5) is 44.7. The van der Waals surface area contributed by atoms with Gasteiger partial charge in [0.2, 0.25) is 11.8 Å². The van der Waals surface area contributed by atoms with E-state index in [1.54, 1.807) is 34.1 Å². The minimum atomic E-state index is -1.14. The van der Waals surface area contributed by atoms with Crippen LogP contribution in [0.3, 0.4) is 0 Å². The van der Waals surface area contributed by atoms with E-state index >= 15 is 0 Å². The molecule has 10 nitrogen and oxygen atoms in total. The molecule has 1 saturated heterocycles.